The second-order valence-electron chi connectivity index (χ2n) is 5.71. The molecule has 0 aromatic heterocycles. The highest BCUT2D eigenvalue weighted by atomic mass is 16.5. The summed E-state index contributed by atoms with van der Waals surface area (Å²) < 4.78 is 20.5. The third-order valence-corrected chi connectivity index (χ3v) is 3.90. The Kier molecular flexibility index (Phi) is 7.05. The summed E-state index contributed by atoms with van der Waals surface area (Å²) in [6.45, 7) is 0. The molecule has 0 aliphatic rings. The van der Waals surface area contributed by atoms with Crippen molar-refractivity contribution >= 4 is 17.6 Å². The molecular formula is C20H23NO6. The number of hydrogen-bond acceptors (Lipinski definition) is 6. The first kappa shape index (κ1) is 20.1. The van der Waals surface area contributed by atoms with Crippen LogP contribution < -0.4 is 19.5 Å². The molecule has 0 saturated carbocycles. The van der Waals surface area contributed by atoms with Gasteiger partial charge in [-0.05, 0) is 35.4 Å². The van der Waals surface area contributed by atoms with Gasteiger partial charge in [-0.1, -0.05) is 12.1 Å². The molecule has 2 rings (SSSR count). The van der Waals surface area contributed by atoms with Crippen molar-refractivity contribution in [1.82, 2.24) is 0 Å². The van der Waals surface area contributed by atoms with Crippen LogP contribution in [0.15, 0.2) is 36.4 Å². The van der Waals surface area contributed by atoms with Crippen LogP contribution >= 0.6 is 0 Å². The van der Waals surface area contributed by atoms with Gasteiger partial charge in [-0.2, -0.15) is 0 Å². The quantitative estimate of drug-likeness (QED) is 0.716. The molecular weight excluding hydrogens is 350 g/mol. The average molecular weight is 373 g/mol. The van der Waals surface area contributed by atoms with Gasteiger partial charge >= 0.3 is 5.97 Å². The van der Waals surface area contributed by atoms with Gasteiger partial charge in [0.05, 0.1) is 41.3 Å². The summed E-state index contributed by atoms with van der Waals surface area (Å²) in [5.74, 6) is 0.961. The number of amides is 1. The largest absolute Gasteiger partial charge is 0.493 e. The zero-order chi connectivity index (χ0) is 19.8. The van der Waals surface area contributed by atoms with Crippen LogP contribution in [0, 0.1) is 0 Å². The minimum atomic E-state index is -0.311. The lowest BCUT2D eigenvalue weighted by molar-refractivity contribution is -0.139. The lowest BCUT2D eigenvalue weighted by Gasteiger charge is -2.14. The lowest BCUT2D eigenvalue weighted by Crippen LogP contribution is -2.14. The molecule has 7 nitrogen and oxygen atoms in total. The normalized spacial score (nSPS) is 10.1. The average Bonchev–Trinajstić information content (AvgIpc) is 2.68. The fourth-order valence-corrected chi connectivity index (χ4v) is 2.57. The van der Waals surface area contributed by atoms with Crippen LogP contribution in [0.3, 0.4) is 0 Å². The number of anilines is 1. The van der Waals surface area contributed by atoms with Crippen LogP contribution in [0.1, 0.15) is 11.1 Å². The minimum absolute atomic E-state index is 0.140. The van der Waals surface area contributed by atoms with E-state index in [2.05, 4.69) is 10.1 Å². The van der Waals surface area contributed by atoms with Gasteiger partial charge in [0.1, 0.15) is 0 Å². The highest BCUT2D eigenvalue weighted by Gasteiger charge is 2.15. The van der Waals surface area contributed by atoms with Gasteiger partial charge in [-0.15, -0.1) is 0 Å². The number of ether oxygens (including phenoxy) is 4. The van der Waals surface area contributed by atoms with Gasteiger partial charge in [-0.25, -0.2) is 0 Å². The van der Waals surface area contributed by atoms with Crippen molar-refractivity contribution in [3.63, 3.8) is 0 Å². The Bertz CT molecular complexity index is 776. The van der Waals surface area contributed by atoms with E-state index in [1.54, 1.807) is 36.4 Å². The van der Waals surface area contributed by atoms with Crippen LogP contribution in [0.2, 0.25) is 0 Å². The summed E-state index contributed by atoms with van der Waals surface area (Å²) in [7, 11) is 5.92. The third-order valence-electron chi connectivity index (χ3n) is 3.90. The van der Waals surface area contributed by atoms with E-state index >= 15 is 0 Å². The Hall–Kier alpha value is -3.22. The minimum Gasteiger partial charge on any atom is -0.493 e. The zero-order valence-electron chi connectivity index (χ0n) is 15.8. The molecule has 0 unspecified atom stereocenters. The van der Waals surface area contributed by atoms with Gasteiger partial charge in [0.15, 0.2) is 11.5 Å². The van der Waals surface area contributed by atoms with Gasteiger partial charge in [0, 0.05) is 5.69 Å². The molecule has 27 heavy (non-hydrogen) atoms. The van der Waals surface area contributed by atoms with Gasteiger partial charge in [-0.3, -0.25) is 9.59 Å². The Morgan fingerprint density at radius 1 is 0.815 bits per heavy atom. The fraction of sp³-hybridized carbons (Fsp3) is 0.300. The van der Waals surface area contributed by atoms with Crippen molar-refractivity contribution < 1.29 is 28.5 Å². The van der Waals surface area contributed by atoms with E-state index in [-0.39, 0.29) is 24.7 Å². The SMILES string of the molecule is COC(=O)Cc1ccc(NC(=O)Cc2cc(OC)c(OC)c(OC)c2)cc1. The number of rotatable bonds is 8. The van der Waals surface area contributed by atoms with Crippen molar-refractivity contribution in [2.45, 2.75) is 12.8 Å². The van der Waals surface area contributed by atoms with E-state index < -0.39 is 0 Å². The van der Waals surface area contributed by atoms with Crippen LogP contribution in [0.4, 0.5) is 5.69 Å². The van der Waals surface area contributed by atoms with E-state index in [4.69, 9.17) is 14.2 Å². The molecule has 0 radical (unpaired) electrons. The predicted molar refractivity (Wildman–Crippen MR) is 101 cm³/mol. The first-order valence-electron chi connectivity index (χ1n) is 8.25. The molecule has 2 aromatic rings. The summed E-state index contributed by atoms with van der Waals surface area (Å²) in [5.41, 5.74) is 2.18. The number of hydrogen-bond donors (Lipinski definition) is 1. The number of nitrogens with one attached hydrogen (secondary N) is 1. The number of carbonyl (C=O) groups is 2. The first-order chi connectivity index (χ1) is 13.0. The maximum atomic E-state index is 12.3. The Morgan fingerprint density at radius 2 is 1.41 bits per heavy atom. The smallest absolute Gasteiger partial charge is 0.309 e. The molecule has 1 amide bonds. The number of methoxy groups -OCH3 is 4. The highest BCUT2D eigenvalue weighted by molar-refractivity contribution is 5.92. The predicted octanol–water partition coefficient (Wildman–Crippen LogP) is 2.61. The van der Waals surface area contributed by atoms with Crippen molar-refractivity contribution in [2.24, 2.45) is 0 Å². The lowest BCUT2D eigenvalue weighted by atomic mass is 10.1. The van der Waals surface area contributed by atoms with Crippen molar-refractivity contribution in [1.29, 1.82) is 0 Å². The summed E-state index contributed by atoms with van der Waals surface area (Å²) in [4.78, 5) is 23.6. The van der Waals surface area contributed by atoms with E-state index in [1.165, 1.54) is 28.4 Å². The fourth-order valence-electron chi connectivity index (χ4n) is 2.57. The second kappa shape index (κ2) is 9.47. The van der Waals surface area contributed by atoms with Gasteiger partial charge in [0.25, 0.3) is 0 Å². The first-order valence-corrected chi connectivity index (χ1v) is 8.25. The van der Waals surface area contributed by atoms with Crippen molar-refractivity contribution in [3.05, 3.63) is 47.5 Å². The molecule has 144 valence electrons. The summed E-state index contributed by atoms with van der Waals surface area (Å²) in [6, 6.07) is 10.5. The number of esters is 1. The van der Waals surface area contributed by atoms with E-state index in [1.807, 2.05) is 0 Å². The molecule has 0 spiro atoms. The summed E-state index contributed by atoms with van der Waals surface area (Å²) >= 11 is 0. The molecule has 2 aromatic carbocycles. The second-order valence-corrected chi connectivity index (χ2v) is 5.71. The molecule has 1 N–H and O–H groups in total. The molecule has 0 saturated heterocycles. The Balaban J connectivity index is 2.06. The molecule has 0 bridgehead atoms. The third kappa shape index (κ3) is 5.37. The van der Waals surface area contributed by atoms with Crippen LogP contribution in [0.25, 0.3) is 0 Å². The van der Waals surface area contributed by atoms with E-state index in [0.717, 1.165) is 11.1 Å². The molecule has 0 atom stereocenters. The number of carbonyl (C=O) groups excluding carboxylic acids is 2. The van der Waals surface area contributed by atoms with Crippen molar-refractivity contribution in [2.75, 3.05) is 33.8 Å². The van der Waals surface area contributed by atoms with Crippen LogP contribution in [0.5, 0.6) is 17.2 Å². The van der Waals surface area contributed by atoms with E-state index in [9.17, 15) is 9.59 Å². The molecule has 7 heteroatoms. The topological polar surface area (TPSA) is 83.1 Å². The summed E-state index contributed by atoms with van der Waals surface area (Å²) in [6.07, 6.45) is 0.330. The zero-order valence-corrected chi connectivity index (χ0v) is 15.8. The maximum absolute atomic E-state index is 12.3. The number of benzene rings is 2. The molecule has 0 aliphatic carbocycles. The Labute approximate surface area is 158 Å². The van der Waals surface area contributed by atoms with Gasteiger partial charge in [0.2, 0.25) is 11.7 Å². The van der Waals surface area contributed by atoms with E-state index in [0.29, 0.717) is 22.9 Å². The van der Waals surface area contributed by atoms with Crippen molar-refractivity contribution in [3.8, 4) is 17.2 Å². The van der Waals surface area contributed by atoms with Gasteiger partial charge < -0.3 is 24.3 Å². The van der Waals surface area contributed by atoms with Crippen LogP contribution in [-0.2, 0) is 27.2 Å². The monoisotopic (exact) mass is 373 g/mol. The maximum Gasteiger partial charge on any atom is 0.309 e. The molecule has 0 aliphatic heterocycles. The van der Waals surface area contributed by atoms with Crippen LogP contribution in [-0.4, -0.2) is 40.3 Å². The highest BCUT2D eigenvalue weighted by Crippen LogP contribution is 2.38. The molecule has 0 heterocycles. The Morgan fingerprint density at radius 3 is 1.89 bits per heavy atom. The summed E-state index contributed by atoms with van der Waals surface area (Å²) in [5, 5.41) is 2.82. The molecule has 0 fully saturated rings. The standard InChI is InChI=1S/C20H23NO6/c1-24-16-9-14(10-17(25-2)20(16)27-4)11-18(22)21-15-7-5-13(6-8-15)12-19(23)26-3/h5-10H,11-12H2,1-4H3,(H,21,22).